The molecule has 0 aliphatic carbocycles. The highest BCUT2D eigenvalue weighted by molar-refractivity contribution is 7.92. The third-order valence-corrected chi connectivity index (χ3v) is 7.49. The lowest BCUT2D eigenvalue weighted by molar-refractivity contribution is 0.0526. The Hall–Kier alpha value is -4.20. The molecule has 3 aromatic carbocycles. The van der Waals surface area contributed by atoms with E-state index in [1.54, 1.807) is 66.1 Å². The van der Waals surface area contributed by atoms with E-state index in [2.05, 4.69) is 15.6 Å². The number of thiazole rings is 1. The normalized spacial score (nSPS) is 11.7. The lowest BCUT2D eigenvalue weighted by Gasteiger charge is -2.08. The van der Waals surface area contributed by atoms with E-state index in [4.69, 9.17) is 11.2 Å². The molecular weight excluding hydrogens is 498 g/mol. The molecule has 0 bridgehead atoms. The molecule has 4 rings (SSSR count). The number of terminal acetylenes is 1. The van der Waals surface area contributed by atoms with E-state index in [0.29, 0.717) is 15.1 Å². The number of amides is 1. The molecular formula is C26H21N3O5S2. The van der Waals surface area contributed by atoms with Crippen molar-refractivity contribution in [2.24, 2.45) is 4.99 Å². The van der Waals surface area contributed by atoms with Crippen LogP contribution in [0.3, 0.4) is 0 Å². The number of benzene rings is 3. The van der Waals surface area contributed by atoms with E-state index in [9.17, 15) is 18.0 Å². The minimum atomic E-state index is -3.82. The molecule has 1 aromatic heterocycles. The number of aromatic nitrogens is 1. The first-order valence-electron chi connectivity index (χ1n) is 10.8. The zero-order valence-electron chi connectivity index (χ0n) is 19.2. The SMILES string of the molecule is C#CCn1c(=NC(=O)c2cccc(NS(=O)(=O)c3ccccc3)c2)sc2cc(C(=O)OCC)ccc21. The van der Waals surface area contributed by atoms with Crippen LogP contribution in [-0.2, 0) is 21.3 Å². The number of sulfonamides is 1. The van der Waals surface area contributed by atoms with E-state index < -0.39 is 21.9 Å². The second-order valence-electron chi connectivity index (χ2n) is 7.49. The van der Waals surface area contributed by atoms with Crippen LogP contribution in [0.2, 0.25) is 0 Å². The number of esters is 1. The summed E-state index contributed by atoms with van der Waals surface area (Å²) < 4.78 is 35.2. The molecule has 1 amide bonds. The highest BCUT2D eigenvalue weighted by Gasteiger charge is 2.16. The maximum absolute atomic E-state index is 13.0. The van der Waals surface area contributed by atoms with Gasteiger partial charge in [0.1, 0.15) is 0 Å². The molecule has 0 radical (unpaired) electrons. The lowest BCUT2D eigenvalue weighted by Crippen LogP contribution is -2.17. The first-order chi connectivity index (χ1) is 17.3. The molecule has 10 heteroatoms. The van der Waals surface area contributed by atoms with Crippen molar-refractivity contribution in [1.29, 1.82) is 0 Å². The quantitative estimate of drug-likeness (QED) is 0.293. The van der Waals surface area contributed by atoms with E-state index in [1.807, 2.05) is 0 Å². The van der Waals surface area contributed by atoms with Gasteiger partial charge in [-0.3, -0.25) is 9.52 Å². The van der Waals surface area contributed by atoms with Crippen molar-refractivity contribution in [3.63, 3.8) is 0 Å². The van der Waals surface area contributed by atoms with Crippen LogP contribution in [0.25, 0.3) is 10.2 Å². The molecule has 1 N–H and O–H groups in total. The Morgan fingerprint density at radius 2 is 1.83 bits per heavy atom. The predicted octanol–water partition coefficient (Wildman–Crippen LogP) is 4.05. The smallest absolute Gasteiger partial charge is 0.338 e. The summed E-state index contributed by atoms with van der Waals surface area (Å²) in [6, 6.07) is 19.0. The molecule has 182 valence electrons. The Morgan fingerprint density at radius 3 is 2.56 bits per heavy atom. The van der Waals surface area contributed by atoms with Gasteiger partial charge in [-0.2, -0.15) is 4.99 Å². The summed E-state index contributed by atoms with van der Waals surface area (Å²) >= 11 is 1.21. The molecule has 0 aliphatic rings. The summed E-state index contributed by atoms with van der Waals surface area (Å²) in [6.07, 6.45) is 5.53. The molecule has 0 unspecified atom stereocenters. The van der Waals surface area contributed by atoms with E-state index in [-0.39, 0.29) is 29.3 Å². The highest BCUT2D eigenvalue weighted by atomic mass is 32.2. The number of ether oxygens (including phenoxy) is 1. The van der Waals surface area contributed by atoms with Gasteiger partial charge >= 0.3 is 5.97 Å². The van der Waals surface area contributed by atoms with Crippen molar-refractivity contribution in [2.75, 3.05) is 11.3 Å². The first-order valence-corrected chi connectivity index (χ1v) is 13.1. The molecule has 4 aromatic rings. The molecule has 0 fully saturated rings. The van der Waals surface area contributed by atoms with Crippen molar-refractivity contribution in [1.82, 2.24) is 4.57 Å². The summed E-state index contributed by atoms with van der Waals surface area (Å²) in [6.45, 7) is 2.16. The number of hydrogen-bond acceptors (Lipinski definition) is 6. The Balaban J connectivity index is 1.68. The van der Waals surface area contributed by atoms with Crippen molar-refractivity contribution in [3.05, 3.63) is 88.7 Å². The monoisotopic (exact) mass is 519 g/mol. The van der Waals surface area contributed by atoms with Crippen LogP contribution in [-0.4, -0.2) is 31.5 Å². The van der Waals surface area contributed by atoms with Gasteiger partial charge in [0.15, 0.2) is 4.80 Å². The van der Waals surface area contributed by atoms with Crippen LogP contribution >= 0.6 is 11.3 Å². The van der Waals surface area contributed by atoms with Gasteiger partial charge in [0.2, 0.25) is 0 Å². The topological polar surface area (TPSA) is 107 Å². The summed E-state index contributed by atoms with van der Waals surface area (Å²) in [5.41, 5.74) is 1.53. The number of carbonyl (C=O) groups excluding carboxylic acids is 2. The molecule has 0 saturated heterocycles. The third kappa shape index (κ3) is 5.38. The summed E-state index contributed by atoms with van der Waals surface area (Å²) in [4.78, 5) is 29.8. The molecule has 1 heterocycles. The van der Waals surface area contributed by atoms with Gasteiger partial charge in [-0.1, -0.05) is 41.5 Å². The zero-order valence-corrected chi connectivity index (χ0v) is 20.8. The number of fused-ring (bicyclic) bond motifs is 1. The summed E-state index contributed by atoms with van der Waals surface area (Å²) in [5.74, 6) is 1.54. The first kappa shape index (κ1) is 24.9. The number of carbonyl (C=O) groups is 2. The third-order valence-electron chi connectivity index (χ3n) is 5.06. The van der Waals surface area contributed by atoms with Gasteiger partial charge in [-0.15, -0.1) is 6.42 Å². The molecule has 8 nitrogen and oxygen atoms in total. The Kier molecular flexibility index (Phi) is 7.33. The maximum atomic E-state index is 13.0. The standard InChI is InChI=1S/C26H21N3O5S2/c1-3-15-29-22-14-13-19(25(31)34-4-2)17-23(22)35-26(29)27-24(30)18-9-8-10-20(16-18)28-36(32,33)21-11-6-5-7-12-21/h1,5-14,16-17,28H,4,15H2,2H3. The van der Waals surface area contributed by atoms with E-state index >= 15 is 0 Å². The largest absolute Gasteiger partial charge is 0.462 e. The molecule has 0 aliphatic heterocycles. The summed E-state index contributed by atoms with van der Waals surface area (Å²) in [5, 5.41) is 0. The number of rotatable bonds is 7. The predicted molar refractivity (Wildman–Crippen MR) is 138 cm³/mol. The van der Waals surface area contributed by atoms with Gasteiger partial charge in [0.25, 0.3) is 15.9 Å². The van der Waals surface area contributed by atoms with Gasteiger partial charge in [-0.25, -0.2) is 13.2 Å². The molecule has 36 heavy (non-hydrogen) atoms. The molecule has 0 saturated carbocycles. The van der Waals surface area contributed by atoms with Crippen LogP contribution in [0, 0.1) is 12.3 Å². The minimum absolute atomic E-state index is 0.106. The number of hydrogen-bond donors (Lipinski definition) is 1. The maximum Gasteiger partial charge on any atom is 0.338 e. The van der Waals surface area contributed by atoms with Gasteiger partial charge in [0.05, 0.1) is 33.8 Å². The average Bonchev–Trinajstić information content (AvgIpc) is 3.21. The fraction of sp³-hybridized carbons (Fsp3) is 0.115. The van der Waals surface area contributed by atoms with Gasteiger partial charge in [0, 0.05) is 11.3 Å². The van der Waals surface area contributed by atoms with Crippen molar-refractivity contribution in [3.8, 4) is 12.3 Å². The summed E-state index contributed by atoms with van der Waals surface area (Å²) in [7, 11) is -3.82. The van der Waals surface area contributed by atoms with Crippen LogP contribution in [0.15, 0.2) is 82.7 Å². The highest BCUT2D eigenvalue weighted by Crippen LogP contribution is 2.21. The van der Waals surface area contributed by atoms with E-state index in [0.717, 1.165) is 5.52 Å². The van der Waals surface area contributed by atoms with Crippen LogP contribution in [0.1, 0.15) is 27.6 Å². The molecule has 0 atom stereocenters. The van der Waals surface area contributed by atoms with Crippen molar-refractivity contribution < 1.29 is 22.7 Å². The second kappa shape index (κ2) is 10.6. The Morgan fingerprint density at radius 1 is 1.06 bits per heavy atom. The number of nitrogens with zero attached hydrogens (tertiary/aromatic N) is 2. The second-order valence-corrected chi connectivity index (χ2v) is 10.2. The van der Waals surface area contributed by atoms with E-state index in [1.165, 1.54) is 29.5 Å². The van der Waals surface area contributed by atoms with Crippen LogP contribution in [0.4, 0.5) is 5.69 Å². The van der Waals surface area contributed by atoms with Crippen molar-refractivity contribution >= 4 is 49.1 Å². The van der Waals surface area contributed by atoms with Crippen LogP contribution < -0.4 is 9.52 Å². The van der Waals surface area contributed by atoms with Gasteiger partial charge in [-0.05, 0) is 55.5 Å². The minimum Gasteiger partial charge on any atom is -0.462 e. The molecule has 0 spiro atoms. The number of nitrogens with one attached hydrogen (secondary N) is 1. The lowest BCUT2D eigenvalue weighted by atomic mass is 10.2. The fourth-order valence-corrected chi connectivity index (χ4v) is 5.56. The van der Waals surface area contributed by atoms with Gasteiger partial charge < -0.3 is 9.30 Å². The zero-order chi connectivity index (χ0) is 25.7. The Labute approximate surface area is 211 Å². The average molecular weight is 520 g/mol. The number of anilines is 1. The Bertz CT molecular complexity index is 1660. The van der Waals surface area contributed by atoms with Crippen LogP contribution in [0.5, 0.6) is 0 Å². The van der Waals surface area contributed by atoms with Crippen molar-refractivity contribution in [2.45, 2.75) is 18.4 Å². The fourth-order valence-electron chi connectivity index (χ4n) is 3.42.